The molecule has 0 saturated heterocycles. The number of nitrogens with two attached hydrogens (primary N) is 1. The monoisotopic (exact) mass is 410 g/mol. The first-order chi connectivity index (χ1) is 14.2. The molecule has 0 bridgehead atoms. The van der Waals surface area contributed by atoms with E-state index in [0.717, 1.165) is 11.3 Å². The minimum Gasteiger partial charge on any atom is -0.453 e. The molecule has 158 valence electrons. The summed E-state index contributed by atoms with van der Waals surface area (Å²) >= 11 is 0. The fourth-order valence-corrected chi connectivity index (χ4v) is 2.74. The first kappa shape index (κ1) is 21.3. The number of nitrogen functional groups attached to an aromatic ring is 1. The van der Waals surface area contributed by atoms with Gasteiger partial charge in [-0.1, -0.05) is 12.1 Å². The van der Waals surface area contributed by atoms with E-state index in [2.05, 4.69) is 25.3 Å². The van der Waals surface area contributed by atoms with Gasteiger partial charge in [-0.3, -0.25) is 5.32 Å². The first-order valence-electron chi connectivity index (χ1n) is 9.53. The van der Waals surface area contributed by atoms with E-state index in [-0.39, 0.29) is 11.5 Å². The van der Waals surface area contributed by atoms with Gasteiger partial charge in [-0.2, -0.15) is 4.98 Å². The Kier molecular flexibility index (Phi) is 6.31. The van der Waals surface area contributed by atoms with E-state index in [9.17, 15) is 4.79 Å². The lowest BCUT2D eigenvalue weighted by Crippen LogP contribution is -2.23. The number of nitrogens with zero attached hydrogens (tertiary/aromatic N) is 3. The molecule has 0 fully saturated rings. The summed E-state index contributed by atoms with van der Waals surface area (Å²) in [4.78, 5) is 24.6. The predicted molar refractivity (Wildman–Crippen MR) is 117 cm³/mol. The van der Waals surface area contributed by atoms with Gasteiger partial charge < -0.3 is 20.5 Å². The zero-order chi connectivity index (χ0) is 21.7. The third kappa shape index (κ3) is 5.54. The number of carbonyl (C=O) groups excluding carboxylic acids is 1. The number of methoxy groups -OCH3 is 1. The van der Waals surface area contributed by atoms with Crippen LogP contribution >= 0.6 is 0 Å². The highest BCUT2D eigenvalue weighted by molar-refractivity contribution is 5.88. The van der Waals surface area contributed by atoms with Crippen molar-refractivity contribution in [3.63, 3.8) is 0 Å². The van der Waals surface area contributed by atoms with E-state index >= 15 is 0 Å². The molecule has 3 rings (SSSR count). The first-order valence-corrected chi connectivity index (χ1v) is 9.53. The number of ether oxygens (including phenoxy) is 2. The topological polar surface area (TPSA) is 124 Å². The van der Waals surface area contributed by atoms with Crippen molar-refractivity contribution in [3.8, 4) is 11.3 Å². The Labute approximate surface area is 175 Å². The van der Waals surface area contributed by atoms with Crippen molar-refractivity contribution >= 4 is 34.6 Å². The normalized spacial score (nSPS) is 11.3. The highest BCUT2D eigenvalue weighted by Gasteiger charge is 2.12. The Morgan fingerprint density at radius 1 is 1.07 bits per heavy atom. The Hall–Kier alpha value is -3.46. The SMILES string of the molecule is COC(=O)Nc1ccc(-c2ccc3nc(N)nc(NCCOC(C)(C)C)c3n2)cc1. The summed E-state index contributed by atoms with van der Waals surface area (Å²) in [7, 11) is 1.32. The molecule has 3 aromatic rings. The predicted octanol–water partition coefficient (Wildman–Crippen LogP) is 3.68. The molecule has 0 radical (unpaired) electrons. The van der Waals surface area contributed by atoms with Gasteiger partial charge in [0.1, 0.15) is 5.52 Å². The molecule has 30 heavy (non-hydrogen) atoms. The van der Waals surface area contributed by atoms with Crippen molar-refractivity contribution in [3.05, 3.63) is 36.4 Å². The van der Waals surface area contributed by atoms with Crippen molar-refractivity contribution in [2.24, 2.45) is 0 Å². The molecule has 1 amide bonds. The number of fused-ring (bicyclic) bond motifs is 1. The van der Waals surface area contributed by atoms with Gasteiger partial charge in [0.25, 0.3) is 0 Å². The number of hydrogen-bond donors (Lipinski definition) is 3. The van der Waals surface area contributed by atoms with Crippen LogP contribution in [0.1, 0.15) is 20.8 Å². The average Bonchev–Trinajstić information content (AvgIpc) is 2.70. The van der Waals surface area contributed by atoms with Crippen LogP contribution < -0.4 is 16.4 Å². The summed E-state index contributed by atoms with van der Waals surface area (Å²) < 4.78 is 10.3. The second-order valence-corrected chi connectivity index (χ2v) is 7.58. The maximum Gasteiger partial charge on any atom is 0.411 e. The van der Waals surface area contributed by atoms with Crippen molar-refractivity contribution in [1.29, 1.82) is 0 Å². The van der Waals surface area contributed by atoms with Gasteiger partial charge in [-0.25, -0.2) is 14.8 Å². The summed E-state index contributed by atoms with van der Waals surface area (Å²) in [5, 5.41) is 5.85. The lowest BCUT2D eigenvalue weighted by molar-refractivity contribution is 0.00331. The zero-order valence-corrected chi connectivity index (χ0v) is 17.5. The Morgan fingerprint density at radius 3 is 2.47 bits per heavy atom. The standard InChI is InChI=1S/C21H26N6O3/c1-21(2,3)30-12-11-23-18-17-16(26-19(22)27-18)10-9-15(25-17)13-5-7-14(8-6-13)24-20(28)29-4/h5-10H,11-12H2,1-4H3,(H,24,28)(H3,22,23,26,27). The van der Waals surface area contributed by atoms with E-state index in [0.29, 0.717) is 35.7 Å². The minimum absolute atomic E-state index is 0.175. The van der Waals surface area contributed by atoms with Gasteiger partial charge in [0.2, 0.25) is 5.95 Å². The molecule has 2 heterocycles. The van der Waals surface area contributed by atoms with Crippen LogP contribution in [0.5, 0.6) is 0 Å². The number of hydrogen-bond acceptors (Lipinski definition) is 8. The number of rotatable bonds is 6. The highest BCUT2D eigenvalue weighted by Crippen LogP contribution is 2.25. The summed E-state index contributed by atoms with van der Waals surface area (Å²) in [6.45, 7) is 7.09. The number of anilines is 3. The number of nitrogens with one attached hydrogen (secondary N) is 2. The van der Waals surface area contributed by atoms with Gasteiger partial charge in [0.15, 0.2) is 5.82 Å². The van der Waals surface area contributed by atoms with Crippen LogP contribution in [0.3, 0.4) is 0 Å². The van der Waals surface area contributed by atoms with Gasteiger partial charge in [0, 0.05) is 17.8 Å². The number of benzene rings is 1. The van der Waals surface area contributed by atoms with Gasteiger partial charge in [-0.05, 0) is 45.0 Å². The number of amides is 1. The lowest BCUT2D eigenvalue weighted by Gasteiger charge is -2.19. The van der Waals surface area contributed by atoms with Crippen molar-refractivity contribution in [1.82, 2.24) is 15.0 Å². The second-order valence-electron chi connectivity index (χ2n) is 7.58. The average molecular weight is 410 g/mol. The fraction of sp³-hybridized carbons (Fsp3) is 0.333. The molecule has 0 saturated carbocycles. The van der Waals surface area contributed by atoms with Crippen LogP contribution in [-0.2, 0) is 9.47 Å². The second kappa shape index (κ2) is 8.91. The Balaban J connectivity index is 1.83. The van der Waals surface area contributed by atoms with E-state index in [4.69, 9.17) is 15.5 Å². The molecule has 0 aliphatic heterocycles. The molecule has 0 aliphatic carbocycles. The number of carbonyl (C=O) groups is 1. The van der Waals surface area contributed by atoms with E-state index < -0.39 is 6.09 Å². The van der Waals surface area contributed by atoms with Crippen LogP contribution in [0.15, 0.2) is 36.4 Å². The van der Waals surface area contributed by atoms with Crippen LogP contribution in [0, 0.1) is 0 Å². The molecule has 4 N–H and O–H groups in total. The maximum absolute atomic E-state index is 11.3. The zero-order valence-electron chi connectivity index (χ0n) is 17.5. The lowest BCUT2D eigenvalue weighted by atomic mass is 10.1. The largest absolute Gasteiger partial charge is 0.453 e. The number of aromatic nitrogens is 3. The summed E-state index contributed by atoms with van der Waals surface area (Å²) in [5.74, 6) is 0.732. The molecule has 0 atom stereocenters. The molecule has 9 heteroatoms. The maximum atomic E-state index is 11.3. The van der Waals surface area contributed by atoms with Crippen LogP contribution in [0.2, 0.25) is 0 Å². The molecule has 1 aromatic carbocycles. The van der Waals surface area contributed by atoms with Gasteiger partial charge in [-0.15, -0.1) is 0 Å². The Bertz CT molecular complexity index is 1030. The molecular weight excluding hydrogens is 384 g/mol. The third-order valence-electron chi connectivity index (χ3n) is 4.10. The molecule has 9 nitrogen and oxygen atoms in total. The summed E-state index contributed by atoms with van der Waals surface area (Å²) in [5.41, 5.74) is 9.16. The molecule has 0 aliphatic rings. The van der Waals surface area contributed by atoms with Gasteiger partial charge >= 0.3 is 6.09 Å². The van der Waals surface area contributed by atoms with Crippen molar-refractivity contribution in [2.75, 3.05) is 36.6 Å². The van der Waals surface area contributed by atoms with E-state index in [1.165, 1.54) is 7.11 Å². The smallest absolute Gasteiger partial charge is 0.411 e. The summed E-state index contributed by atoms with van der Waals surface area (Å²) in [6.07, 6.45) is -0.521. The third-order valence-corrected chi connectivity index (χ3v) is 4.10. The van der Waals surface area contributed by atoms with E-state index in [1.54, 1.807) is 12.1 Å². The molecular formula is C21H26N6O3. The highest BCUT2D eigenvalue weighted by atomic mass is 16.5. The van der Waals surface area contributed by atoms with Crippen LogP contribution in [-0.4, -0.2) is 46.9 Å². The molecule has 0 unspecified atom stereocenters. The van der Waals surface area contributed by atoms with Crippen molar-refractivity contribution in [2.45, 2.75) is 26.4 Å². The number of pyridine rings is 1. The molecule has 0 spiro atoms. The quantitative estimate of drug-likeness (QED) is 0.526. The summed E-state index contributed by atoms with van der Waals surface area (Å²) in [6, 6.07) is 11.0. The van der Waals surface area contributed by atoms with Crippen molar-refractivity contribution < 1.29 is 14.3 Å². The van der Waals surface area contributed by atoms with Gasteiger partial charge in [0.05, 0.1) is 30.5 Å². The minimum atomic E-state index is -0.521. The fourth-order valence-electron chi connectivity index (χ4n) is 2.74. The van der Waals surface area contributed by atoms with Crippen LogP contribution in [0.25, 0.3) is 22.3 Å². The van der Waals surface area contributed by atoms with Crippen LogP contribution in [0.4, 0.5) is 22.2 Å². The molecule has 2 aromatic heterocycles. The Morgan fingerprint density at radius 2 is 1.80 bits per heavy atom. The van der Waals surface area contributed by atoms with E-state index in [1.807, 2.05) is 45.0 Å².